The summed E-state index contributed by atoms with van der Waals surface area (Å²) in [6.07, 6.45) is 1.15. The number of rotatable bonds is 3. The van der Waals surface area contributed by atoms with Crippen LogP contribution in [0, 0.1) is 0 Å². The Balaban J connectivity index is 2.65. The lowest BCUT2D eigenvalue weighted by Gasteiger charge is -2.09. The van der Waals surface area contributed by atoms with Gasteiger partial charge in [0.25, 0.3) is 5.91 Å². The Hall–Kier alpha value is -0.940. The van der Waals surface area contributed by atoms with E-state index in [2.05, 4.69) is 26.2 Å². The van der Waals surface area contributed by atoms with Gasteiger partial charge in [-0.15, -0.1) is 0 Å². The molecule has 0 spiro atoms. The Morgan fingerprint density at radius 2 is 2.43 bits per heavy atom. The Labute approximate surface area is 90.8 Å². The van der Waals surface area contributed by atoms with Gasteiger partial charge in [-0.25, -0.2) is 4.98 Å². The molecule has 1 N–H and O–H groups in total. The van der Waals surface area contributed by atoms with Crippen molar-refractivity contribution < 1.29 is 9.53 Å². The van der Waals surface area contributed by atoms with Crippen molar-refractivity contribution in [3.8, 4) is 0 Å². The highest BCUT2D eigenvalue weighted by Crippen LogP contribution is 2.12. The van der Waals surface area contributed by atoms with E-state index in [-0.39, 0.29) is 5.91 Å². The predicted octanol–water partition coefficient (Wildman–Crippen LogP) is 1.82. The first-order chi connectivity index (χ1) is 6.63. The van der Waals surface area contributed by atoms with Gasteiger partial charge in [-0.05, 0) is 35.0 Å². The molecule has 1 aromatic rings. The van der Waals surface area contributed by atoms with Gasteiger partial charge in [0.15, 0.2) is 0 Å². The maximum absolute atomic E-state index is 11.4. The molecule has 76 valence electrons. The molecule has 0 aliphatic rings. The molecule has 0 saturated heterocycles. The number of hydrogen-bond donors (Lipinski definition) is 1. The molecule has 1 unspecified atom stereocenters. The van der Waals surface area contributed by atoms with E-state index in [9.17, 15) is 4.79 Å². The van der Waals surface area contributed by atoms with Gasteiger partial charge in [-0.2, -0.15) is 0 Å². The average Bonchev–Trinajstić information content (AvgIpc) is 2.16. The molecule has 0 saturated carbocycles. The summed E-state index contributed by atoms with van der Waals surface area (Å²) in [6, 6.07) is 3.44. The van der Waals surface area contributed by atoms with Gasteiger partial charge >= 0.3 is 0 Å². The number of pyridine rings is 1. The normalized spacial score (nSPS) is 12.2. The van der Waals surface area contributed by atoms with E-state index >= 15 is 0 Å². The number of nitrogens with one attached hydrogen (secondary N) is 1. The van der Waals surface area contributed by atoms with Crippen LogP contribution in [0.3, 0.4) is 0 Å². The maximum atomic E-state index is 11.4. The van der Waals surface area contributed by atoms with Crippen molar-refractivity contribution in [1.29, 1.82) is 0 Å². The Bertz CT molecular complexity index is 330. The van der Waals surface area contributed by atoms with Crippen LogP contribution in [0.4, 0.5) is 5.69 Å². The monoisotopic (exact) mass is 258 g/mol. The van der Waals surface area contributed by atoms with Gasteiger partial charge in [0.05, 0.1) is 0 Å². The van der Waals surface area contributed by atoms with Crippen LogP contribution in [-0.4, -0.2) is 24.1 Å². The first-order valence-electron chi connectivity index (χ1n) is 4.08. The Morgan fingerprint density at radius 1 is 1.71 bits per heavy atom. The molecule has 0 fully saturated rings. The minimum Gasteiger partial charge on any atom is -0.372 e. The van der Waals surface area contributed by atoms with Gasteiger partial charge in [0.1, 0.15) is 10.7 Å². The molecule has 1 rings (SSSR count). The van der Waals surface area contributed by atoms with Gasteiger partial charge in [-0.1, -0.05) is 0 Å². The van der Waals surface area contributed by atoms with Gasteiger partial charge in [-0.3, -0.25) is 4.79 Å². The SMILES string of the molecule is COC(C)C(=O)Nc1ccnc(Br)c1. The number of anilines is 1. The summed E-state index contributed by atoms with van der Waals surface area (Å²) in [5.74, 6) is -0.175. The van der Waals surface area contributed by atoms with Crippen LogP contribution >= 0.6 is 15.9 Å². The van der Waals surface area contributed by atoms with E-state index in [1.54, 1.807) is 25.3 Å². The summed E-state index contributed by atoms with van der Waals surface area (Å²) in [5.41, 5.74) is 0.695. The van der Waals surface area contributed by atoms with Crippen LogP contribution in [0.1, 0.15) is 6.92 Å². The average molecular weight is 259 g/mol. The first kappa shape index (κ1) is 11.1. The van der Waals surface area contributed by atoms with E-state index in [0.717, 1.165) is 0 Å². The third kappa shape index (κ3) is 3.08. The van der Waals surface area contributed by atoms with E-state index in [1.807, 2.05) is 0 Å². The molecule has 0 aliphatic heterocycles. The van der Waals surface area contributed by atoms with Crippen molar-refractivity contribution in [3.63, 3.8) is 0 Å². The summed E-state index contributed by atoms with van der Waals surface area (Å²) >= 11 is 3.21. The third-order valence-electron chi connectivity index (χ3n) is 1.72. The minimum atomic E-state index is -0.457. The van der Waals surface area contributed by atoms with Crippen LogP contribution in [0.25, 0.3) is 0 Å². The standard InChI is InChI=1S/C9H11BrN2O2/c1-6(14-2)9(13)12-7-3-4-11-8(10)5-7/h3-6H,1-2H3,(H,11,12,13). The smallest absolute Gasteiger partial charge is 0.253 e. The molecule has 0 aliphatic carbocycles. The number of amides is 1. The molecule has 5 heteroatoms. The van der Waals surface area contributed by atoms with Crippen LogP contribution in [0.15, 0.2) is 22.9 Å². The Kier molecular flexibility index (Phi) is 4.03. The van der Waals surface area contributed by atoms with Crippen LogP contribution < -0.4 is 5.32 Å². The van der Waals surface area contributed by atoms with E-state index in [4.69, 9.17) is 4.74 Å². The number of halogens is 1. The lowest BCUT2D eigenvalue weighted by Crippen LogP contribution is -2.26. The summed E-state index contributed by atoms with van der Waals surface area (Å²) in [5, 5.41) is 2.70. The number of nitrogens with zero attached hydrogens (tertiary/aromatic N) is 1. The fourth-order valence-electron chi connectivity index (χ4n) is 0.831. The number of aromatic nitrogens is 1. The molecule has 1 heterocycles. The fourth-order valence-corrected chi connectivity index (χ4v) is 1.20. The summed E-state index contributed by atoms with van der Waals surface area (Å²) in [7, 11) is 1.49. The summed E-state index contributed by atoms with van der Waals surface area (Å²) < 4.78 is 5.56. The van der Waals surface area contributed by atoms with Crippen molar-refractivity contribution in [2.75, 3.05) is 12.4 Å². The van der Waals surface area contributed by atoms with Crippen LogP contribution in [0.2, 0.25) is 0 Å². The van der Waals surface area contributed by atoms with Crippen molar-refractivity contribution in [3.05, 3.63) is 22.9 Å². The highest BCUT2D eigenvalue weighted by Gasteiger charge is 2.11. The highest BCUT2D eigenvalue weighted by molar-refractivity contribution is 9.10. The summed E-state index contributed by atoms with van der Waals surface area (Å²) in [4.78, 5) is 15.3. The van der Waals surface area contributed by atoms with E-state index < -0.39 is 6.10 Å². The van der Waals surface area contributed by atoms with Gasteiger partial charge in [0.2, 0.25) is 0 Å². The second-order valence-corrected chi connectivity index (χ2v) is 3.55. The lowest BCUT2D eigenvalue weighted by atomic mass is 10.3. The molecular weight excluding hydrogens is 248 g/mol. The predicted molar refractivity (Wildman–Crippen MR) is 57.0 cm³/mol. The maximum Gasteiger partial charge on any atom is 0.253 e. The molecule has 14 heavy (non-hydrogen) atoms. The lowest BCUT2D eigenvalue weighted by molar-refractivity contribution is -0.124. The first-order valence-corrected chi connectivity index (χ1v) is 4.88. The van der Waals surface area contributed by atoms with E-state index in [0.29, 0.717) is 10.3 Å². The van der Waals surface area contributed by atoms with Gasteiger partial charge in [0, 0.05) is 19.0 Å². The number of carbonyl (C=O) groups excluding carboxylic acids is 1. The van der Waals surface area contributed by atoms with E-state index in [1.165, 1.54) is 7.11 Å². The number of carbonyl (C=O) groups is 1. The van der Waals surface area contributed by atoms with Crippen molar-refractivity contribution >= 4 is 27.5 Å². The topological polar surface area (TPSA) is 51.2 Å². The van der Waals surface area contributed by atoms with Crippen molar-refractivity contribution in [2.24, 2.45) is 0 Å². The molecule has 0 aromatic carbocycles. The summed E-state index contributed by atoms with van der Waals surface area (Å²) in [6.45, 7) is 1.69. The Morgan fingerprint density at radius 3 is 3.00 bits per heavy atom. The quantitative estimate of drug-likeness (QED) is 0.842. The van der Waals surface area contributed by atoms with Gasteiger partial charge < -0.3 is 10.1 Å². The fraction of sp³-hybridized carbons (Fsp3) is 0.333. The second-order valence-electron chi connectivity index (χ2n) is 2.73. The number of ether oxygens (including phenoxy) is 1. The molecule has 1 aromatic heterocycles. The molecule has 1 atom stereocenters. The van der Waals surface area contributed by atoms with Crippen LogP contribution in [-0.2, 0) is 9.53 Å². The second kappa shape index (κ2) is 5.07. The molecule has 4 nitrogen and oxygen atoms in total. The highest BCUT2D eigenvalue weighted by atomic mass is 79.9. The third-order valence-corrected chi connectivity index (χ3v) is 2.15. The van der Waals surface area contributed by atoms with Crippen LogP contribution in [0.5, 0.6) is 0 Å². The van der Waals surface area contributed by atoms with Crippen molar-refractivity contribution in [2.45, 2.75) is 13.0 Å². The number of methoxy groups -OCH3 is 1. The zero-order chi connectivity index (χ0) is 10.6. The van der Waals surface area contributed by atoms with Crippen molar-refractivity contribution in [1.82, 2.24) is 4.98 Å². The molecule has 0 radical (unpaired) electrons. The minimum absolute atomic E-state index is 0.175. The zero-order valence-electron chi connectivity index (χ0n) is 7.95. The molecule has 0 bridgehead atoms. The number of hydrogen-bond acceptors (Lipinski definition) is 3. The molecule has 1 amide bonds. The zero-order valence-corrected chi connectivity index (χ0v) is 9.54. The largest absolute Gasteiger partial charge is 0.372 e. The molecular formula is C9H11BrN2O2.